The Kier molecular flexibility index (Phi) is 4.22. The van der Waals surface area contributed by atoms with Gasteiger partial charge >= 0.3 is 6.18 Å². The van der Waals surface area contributed by atoms with Gasteiger partial charge in [-0.15, -0.1) is 0 Å². The molecule has 1 aromatic carbocycles. The first-order chi connectivity index (χ1) is 7.92. The average molecular weight is 249 g/mol. The third kappa shape index (κ3) is 3.26. The standard InChI is InChI=1S/C11H14F3NO2/c1-15-10(11(12,13)14)7-4-8(16-2)6-9(5-7)17-3/h4-6,10,15H,1-3H3. The molecule has 0 radical (unpaired) electrons. The molecule has 1 rings (SSSR count). The summed E-state index contributed by atoms with van der Waals surface area (Å²) in [6.07, 6.45) is -4.37. The van der Waals surface area contributed by atoms with E-state index < -0.39 is 12.2 Å². The van der Waals surface area contributed by atoms with E-state index in [4.69, 9.17) is 9.47 Å². The zero-order valence-corrected chi connectivity index (χ0v) is 9.76. The normalized spacial score (nSPS) is 13.3. The van der Waals surface area contributed by atoms with Crippen LogP contribution >= 0.6 is 0 Å². The molecular formula is C11H14F3NO2. The number of hydrogen-bond donors (Lipinski definition) is 1. The van der Waals surface area contributed by atoms with Gasteiger partial charge in [0.25, 0.3) is 0 Å². The minimum Gasteiger partial charge on any atom is -0.497 e. The molecule has 1 aromatic rings. The monoisotopic (exact) mass is 249 g/mol. The van der Waals surface area contributed by atoms with Crippen molar-refractivity contribution in [3.8, 4) is 11.5 Å². The molecule has 0 fully saturated rings. The van der Waals surface area contributed by atoms with Gasteiger partial charge in [0.05, 0.1) is 14.2 Å². The number of alkyl halides is 3. The summed E-state index contributed by atoms with van der Waals surface area (Å²) in [4.78, 5) is 0. The highest BCUT2D eigenvalue weighted by Crippen LogP contribution is 2.35. The molecule has 0 aliphatic rings. The number of methoxy groups -OCH3 is 2. The van der Waals surface area contributed by atoms with Crippen LogP contribution in [0.4, 0.5) is 13.2 Å². The van der Waals surface area contributed by atoms with E-state index in [-0.39, 0.29) is 5.56 Å². The SMILES string of the molecule is CNC(c1cc(OC)cc(OC)c1)C(F)(F)F. The van der Waals surface area contributed by atoms with Crippen LogP contribution in [-0.2, 0) is 0 Å². The van der Waals surface area contributed by atoms with Crippen LogP contribution in [0, 0.1) is 0 Å². The Balaban J connectivity index is 3.19. The third-order valence-corrected chi connectivity index (χ3v) is 2.32. The number of nitrogens with one attached hydrogen (secondary N) is 1. The quantitative estimate of drug-likeness (QED) is 0.889. The molecule has 0 saturated carbocycles. The van der Waals surface area contributed by atoms with Crippen LogP contribution < -0.4 is 14.8 Å². The number of benzene rings is 1. The molecule has 3 nitrogen and oxygen atoms in total. The van der Waals surface area contributed by atoms with E-state index in [0.717, 1.165) is 0 Å². The molecular weight excluding hydrogens is 235 g/mol. The second-order valence-electron chi connectivity index (χ2n) is 3.41. The minimum atomic E-state index is -4.37. The molecule has 1 atom stereocenters. The maximum atomic E-state index is 12.7. The Morgan fingerprint density at radius 1 is 1.06 bits per heavy atom. The fraction of sp³-hybridized carbons (Fsp3) is 0.455. The van der Waals surface area contributed by atoms with Gasteiger partial charge in [-0.3, -0.25) is 0 Å². The number of ether oxygens (including phenoxy) is 2. The summed E-state index contributed by atoms with van der Waals surface area (Å²) in [5, 5.41) is 2.22. The van der Waals surface area contributed by atoms with E-state index in [1.807, 2.05) is 0 Å². The van der Waals surface area contributed by atoms with E-state index >= 15 is 0 Å². The highest BCUT2D eigenvalue weighted by Gasteiger charge is 2.40. The van der Waals surface area contributed by atoms with Crippen LogP contribution in [0.15, 0.2) is 18.2 Å². The van der Waals surface area contributed by atoms with Crippen molar-refractivity contribution in [3.63, 3.8) is 0 Å². The van der Waals surface area contributed by atoms with Gasteiger partial charge in [-0.25, -0.2) is 0 Å². The summed E-state index contributed by atoms with van der Waals surface area (Å²) < 4.78 is 48.1. The summed E-state index contributed by atoms with van der Waals surface area (Å²) in [6.45, 7) is 0. The van der Waals surface area contributed by atoms with E-state index in [2.05, 4.69) is 5.32 Å². The Morgan fingerprint density at radius 2 is 1.53 bits per heavy atom. The Morgan fingerprint density at radius 3 is 1.82 bits per heavy atom. The molecule has 0 bridgehead atoms. The molecule has 0 amide bonds. The van der Waals surface area contributed by atoms with Crippen molar-refractivity contribution in [3.05, 3.63) is 23.8 Å². The third-order valence-electron chi connectivity index (χ3n) is 2.32. The molecule has 0 aliphatic heterocycles. The van der Waals surface area contributed by atoms with E-state index in [1.165, 1.54) is 39.5 Å². The van der Waals surface area contributed by atoms with Gasteiger partial charge in [-0.1, -0.05) is 0 Å². The Labute approximate surface area is 97.5 Å². The highest BCUT2D eigenvalue weighted by atomic mass is 19.4. The molecule has 17 heavy (non-hydrogen) atoms. The predicted molar refractivity (Wildman–Crippen MR) is 57.4 cm³/mol. The maximum absolute atomic E-state index is 12.7. The summed E-state index contributed by atoms with van der Waals surface area (Å²) in [5.74, 6) is 0.646. The lowest BCUT2D eigenvalue weighted by Gasteiger charge is -2.21. The number of halogens is 3. The molecule has 0 spiro atoms. The molecule has 6 heteroatoms. The Hall–Kier alpha value is -1.43. The van der Waals surface area contributed by atoms with E-state index in [9.17, 15) is 13.2 Å². The lowest BCUT2D eigenvalue weighted by molar-refractivity contribution is -0.156. The van der Waals surface area contributed by atoms with Crippen molar-refractivity contribution >= 4 is 0 Å². The lowest BCUT2D eigenvalue weighted by Crippen LogP contribution is -2.31. The van der Waals surface area contributed by atoms with Crippen molar-refractivity contribution in [2.24, 2.45) is 0 Å². The fourth-order valence-electron chi connectivity index (χ4n) is 1.52. The first-order valence-corrected chi connectivity index (χ1v) is 4.89. The largest absolute Gasteiger partial charge is 0.497 e. The molecule has 1 N–H and O–H groups in total. The smallest absolute Gasteiger partial charge is 0.407 e. The van der Waals surface area contributed by atoms with Crippen molar-refractivity contribution in [1.82, 2.24) is 5.32 Å². The molecule has 0 saturated heterocycles. The number of rotatable bonds is 4. The minimum absolute atomic E-state index is 0.0520. The van der Waals surface area contributed by atoms with Gasteiger partial charge in [0, 0.05) is 6.07 Å². The summed E-state index contributed by atoms with van der Waals surface area (Å²) in [6, 6.07) is 2.44. The zero-order chi connectivity index (χ0) is 13.1. The van der Waals surface area contributed by atoms with Crippen molar-refractivity contribution in [2.45, 2.75) is 12.2 Å². The van der Waals surface area contributed by atoms with Crippen LogP contribution in [0.5, 0.6) is 11.5 Å². The second-order valence-corrected chi connectivity index (χ2v) is 3.41. The topological polar surface area (TPSA) is 30.5 Å². The van der Waals surface area contributed by atoms with Crippen LogP contribution in [0.1, 0.15) is 11.6 Å². The first-order valence-electron chi connectivity index (χ1n) is 4.89. The molecule has 0 heterocycles. The second kappa shape index (κ2) is 5.27. The van der Waals surface area contributed by atoms with Crippen molar-refractivity contribution in [2.75, 3.05) is 21.3 Å². The molecule has 1 unspecified atom stereocenters. The fourth-order valence-corrected chi connectivity index (χ4v) is 1.52. The van der Waals surface area contributed by atoms with Gasteiger partial charge in [0.2, 0.25) is 0 Å². The molecule has 0 aliphatic carbocycles. The van der Waals surface area contributed by atoms with Gasteiger partial charge < -0.3 is 14.8 Å². The maximum Gasteiger partial charge on any atom is 0.407 e. The zero-order valence-electron chi connectivity index (χ0n) is 9.76. The van der Waals surface area contributed by atoms with E-state index in [0.29, 0.717) is 11.5 Å². The first kappa shape index (κ1) is 13.6. The van der Waals surface area contributed by atoms with Gasteiger partial charge in [-0.2, -0.15) is 13.2 Å². The summed E-state index contributed by atoms with van der Waals surface area (Å²) >= 11 is 0. The molecule has 96 valence electrons. The predicted octanol–water partition coefficient (Wildman–Crippen LogP) is 2.53. The Bertz CT molecular complexity index is 357. The van der Waals surface area contributed by atoms with Crippen molar-refractivity contribution < 1.29 is 22.6 Å². The average Bonchev–Trinajstić information content (AvgIpc) is 2.27. The highest BCUT2D eigenvalue weighted by molar-refractivity contribution is 5.40. The van der Waals surface area contributed by atoms with Crippen LogP contribution in [0.2, 0.25) is 0 Å². The lowest BCUT2D eigenvalue weighted by atomic mass is 10.1. The van der Waals surface area contributed by atoms with Gasteiger partial charge in [0.1, 0.15) is 17.5 Å². The van der Waals surface area contributed by atoms with Gasteiger partial charge in [-0.05, 0) is 24.7 Å². The van der Waals surface area contributed by atoms with Crippen LogP contribution in [0.3, 0.4) is 0 Å². The molecule has 0 aromatic heterocycles. The van der Waals surface area contributed by atoms with Crippen molar-refractivity contribution in [1.29, 1.82) is 0 Å². The van der Waals surface area contributed by atoms with Crippen LogP contribution in [0.25, 0.3) is 0 Å². The summed E-state index contributed by atoms with van der Waals surface area (Å²) in [5.41, 5.74) is 0.0520. The van der Waals surface area contributed by atoms with Gasteiger partial charge in [0.15, 0.2) is 0 Å². The number of hydrogen-bond acceptors (Lipinski definition) is 3. The van der Waals surface area contributed by atoms with Crippen LogP contribution in [-0.4, -0.2) is 27.4 Å². The van der Waals surface area contributed by atoms with E-state index in [1.54, 1.807) is 0 Å². The summed E-state index contributed by atoms with van der Waals surface area (Å²) in [7, 11) is 4.03.